The lowest BCUT2D eigenvalue weighted by molar-refractivity contribution is 0.812. The fourth-order valence-electron chi connectivity index (χ4n) is 2.81. The number of nitrogens with one attached hydrogen (secondary N) is 1. The van der Waals surface area contributed by atoms with Crippen LogP contribution in [0.1, 0.15) is 11.1 Å². The number of hydrogen-bond donors (Lipinski definition) is 2. The number of nitrogens with zero attached hydrogens (tertiary/aromatic N) is 3. The topological polar surface area (TPSA) is 69.2 Å². The van der Waals surface area contributed by atoms with Crippen LogP contribution in [0, 0.1) is 12.3 Å². The average molecular weight is 281 g/mol. The second-order valence-corrected chi connectivity index (χ2v) is 5.30. The standard InChI is InChI=1S/C16H19N5/c1-11-7-8-19-16(14(11)15(17)18)21-10-9-20(2)12-5-3-4-6-13(12)21/h3-8H,9-10H2,1-2H3,(H3,17,18). The number of fused-ring (bicyclic) bond motifs is 1. The Balaban J connectivity index is 2.17. The summed E-state index contributed by atoms with van der Waals surface area (Å²) in [5, 5.41) is 7.86. The fraction of sp³-hybridized carbons (Fsp3) is 0.250. The Labute approximate surface area is 124 Å². The SMILES string of the molecule is Cc1ccnc(N2CCN(C)c3ccccc32)c1C(=N)N. The second kappa shape index (κ2) is 5.09. The van der Waals surface area contributed by atoms with Crippen molar-refractivity contribution in [3.63, 3.8) is 0 Å². The van der Waals surface area contributed by atoms with Gasteiger partial charge in [-0.05, 0) is 30.7 Å². The van der Waals surface area contributed by atoms with Gasteiger partial charge in [0.1, 0.15) is 11.7 Å². The van der Waals surface area contributed by atoms with E-state index in [-0.39, 0.29) is 5.84 Å². The zero-order valence-corrected chi connectivity index (χ0v) is 12.3. The van der Waals surface area contributed by atoms with Crippen LogP contribution in [-0.2, 0) is 0 Å². The molecule has 1 aliphatic rings. The minimum absolute atomic E-state index is 0.0620. The molecular formula is C16H19N5. The molecule has 0 saturated carbocycles. The van der Waals surface area contributed by atoms with Gasteiger partial charge in [-0.25, -0.2) is 4.98 Å². The first-order valence-corrected chi connectivity index (χ1v) is 6.97. The Hall–Kier alpha value is -2.56. The highest BCUT2D eigenvalue weighted by Gasteiger charge is 2.25. The van der Waals surface area contributed by atoms with Gasteiger partial charge in [0.2, 0.25) is 0 Å². The molecule has 5 nitrogen and oxygen atoms in total. The van der Waals surface area contributed by atoms with Crippen LogP contribution in [0.15, 0.2) is 36.5 Å². The molecular weight excluding hydrogens is 262 g/mol. The van der Waals surface area contributed by atoms with Crippen LogP contribution in [0.2, 0.25) is 0 Å². The lowest BCUT2D eigenvalue weighted by Crippen LogP contribution is -2.37. The number of likely N-dealkylation sites (N-methyl/N-ethyl adjacent to an activating group) is 1. The maximum absolute atomic E-state index is 7.86. The normalized spacial score (nSPS) is 14.0. The van der Waals surface area contributed by atoms with E-state index in [0.717, 1.165) is 35.7 Å². The van der Waals surface area contributed by atoms with E-state index in [1.165, 1.54) is 5.69 Å². The summed E-state index contributed by atoms with van der Waals surface area (Å²) in [5.41, 5.74) is 9.74. The van der Waals surface area contributed by atoms with Crippen molar-refractivity contribution in [2.45, 2.75) is 6.92 Å². The molecule has 1 aromatic carbocycles. The van der Waals surface area contributed by atoms with E-state index in [9.17, 15) is 0 Å². The number of nitrogens with two attached hydrogens (primary N) is 1. The van der Waals surface area contributed by atoms with Crippen molar-refractivity contribution >= 4 is 23.0 Å². The molecule has 3 N–H and O–H groups in total. The molecule has 0 radical (unpaired) electrons. The summed E-state index contributed by atoms with van der Waals surface area (Å²) in [6.45, 7) is 3.69. The Bertz CT molecular complexity index is 695. The number of amidine groups is 1. The number of benzene rings is 1. The molecule has 3 rings (SSSR count). The number of para-hydroxylation sites is 2. The van der Waals surface area contributed by atoms with Gasteiger partial charge in [0.25, 0.3) is 0 Å². The Kier molecular flexibility index (Phi) is 3.25. The highest BCUT2D eigenvalue weighted by molar-refractivity contribution is 6.02. The van der Waals surface area contributed by atoms with Gasteiger partial charge in [-0.15, -0.1) is 0 Å². The molecule has 1 aliphatic heterocycles. The number of aromatic nitrogens is 1. The third-order valence-electron chi connectivity index (χ3n) is 3.91. The van der Waals surface area contributed by atoms with Crippen LogP contribution in [0.25, 0.3) is 0 Å². The first-order valence-electron chi connectivity index (χ1n) is 6.97. The third kappa shape index (κ3) is 2.20. The van der Waals surface area contributed by atoms with E-state index < -0.39 is 0 Å². The zero-order valence-electron chi connectivity index (χ0n) is 12.3. The van der Waals surface area contributed by atoms with Crippen molar-refractivity contribution in [1.82, 2.24) is 4.98 Å². The van der Waals surface area contributed by atoms with Crippen LogP contribution in [0.5, 0.6) is 0 Å². The third-order valence-corrected chi connectivity index (χ3v) is 3.91. The van der Waals surface area contributed by atoms with E-state index in [0.29, 0.717) is 0 Å². The number of pyridine rings is 1. The maximum atomic E-state index is 7.86. The molecule has 2 heterocycles. The molecule has 2 aromatic rings. The van der Waals surface area contributed by atoms with Gasteiger partial charge in [0.15, 0.2) is 0 Å². The van der Waals surface area contributed by atoms with Crippen molar-refractivity contribution in [2.75, 3.05) is 29.9 Å². The van der Waals surface area contributed by atoms with Crippen LogP contribution in [0.4, 0.5) is 17.2 Å². The molecule has 0 spiro atoms. The van der Waals surface area contributed by atoms with E-state index in [2.05, 4.69) is 34.0 Å². The Morgan fingerprint density at radius 3 is 2.62 bits per heavy atom. The molecule has 0 atom stereocenters. The summed E-state index contributed by atoms with van der Waals surface area (Å²) in [5.74, 6) is 0.829. The minimum atomic E-state index is 0.0620. The van der Waals surface area contributed by atoms with Crippen LogP contribution < -0.4 is 15.5 Å². The van der Waals surface area contributed by atoms with Gasteiger partial charge < -0.3 is 15.5 Å². The minimum Gasteiger partial charge on any atom is -0.384 e. The summed E-state index contributed by atoms with van der Waals surface area (Å²) in [4.78, 5) is 8.88. The van der Waals surface area contributed by atoms with E-state index in [1.54, 1.807) is 6.20 Å². The van der Waals surface area contributed by atoms with Gasteiger partial charge in [0.05, 0.1) is 16.9 Å². The largest absolute Gasteiger partial charge is 0.384 e. The fourth-order valence-corrected chi connectivity index (χ4v) is 2.81. The smallest absolute Gasteiger partial charge is 0.144 e. The maximum Gasteiger partial charge on any atom is 0.144 e. The molecule has 0 unspecified atom stereocenters. The number of hydrogen-bond acceptors (Lipinski definition) is 4. The predicted molar refractivity (Wildman–Crippen MR) is 86.7 cm³/mol. The lowest BCUT2D eigenvalue weighted by atomic mass is 10.1. The molecule has 1 aromatic heterocycles. The number of anilines is 3. The number of nitrogen functional groups attached to an aromatic ring is 1. The van der Waals surface area contributed by atoms with E-state index in [1.807, 2.05) is 25.1 Å². The number of rotatable bonds is 2. The zero-order chi connectivity index (χ0) is 15.0. The Morgan fingerprint density at radius 2 is 1.90 bits per heavy atom. The van der Waals surface area contributed by atoms with E-state index >= 15 is 0 Å². The highest BCUT2D eigenvalue weighted by atomic mass is 15.3. The summed E-state index contributed by atoms with van der Waals surface area (Å²) in [7, 11) is 2.09. The molecule has 5 heteroatoms. The quantitative estimate of drug-likeness (QED) is 0.654. The summed E-state index contributed by atoms with van der Waals surface area (Å²) >= 11 is 0. The van der Waals surface area contributed by atoms with Gasteiger partial charge >= 0.3 is 0 Å². The van der Waals surface area contributed by atoms with Crippen LogP contribution in [0.3, 0.4) is 0 Å². The van der Waals surface area contributed by atoms with Crippen molar-refractivity contribution < 1.29 is 0 Å². The lowest BCUT2D eigenvalue weighted by Gasteiger charge is -2.37. The number of aryl methyl sites for hydroxylation is 1. The van der Waals surface area contributed by atoms with Crippen molar-refractivity contribution in [1.29, 1.82) is 5.41 Å². The van der Waals surface area contributed by atoms with E-state index in [4.69, 9.17) is 11.1 Å². The molecule has 0 aliphatic carbocycles. The molecule has 0 amide bonds. The second-order valence-electron chi connectivity index (χ2n) is 5.30. The van der Waals surface area contributed by atoms with Crippen molar-refractivity contribution in [3.05, 3.63) is 47.7 Å². The summed E-state index contributed by atoms with van der Waals surface area (Å²) < 4.78 is 0. The summed E-state index contributed by atoms with van der Waals surface area (Å²) in [6, 6.07) is 10.1. The average Bonchev–Trinajstić information content (AvgIpc) is 2.47. The van der Waals surface area contributed by atoms with Gasteiger partial charge in [-0.2, -0.15) is 0 Å². The van der Waals surface area contributed by atoms with Crippen LogP contribution in [-0.4, -0.2) is 31.0 Å². The predicted octanol–water partition coefficient (Wildman–Crippen LogP) is 2.26. The van der Waals surface area contributed by atoms with Crippen LogP contribution >= 0.6 is 0 Å². The van der Waals surface area contributed by atoms with Gasteiger partial charge in [0, 0.05) is 26.3 Å². The summed E-state index contributed by atoms with van der Waals surface area (Å²) in [6.07, 6.45) is 1.78. The first-order chi connectivity index (χ1) is 10.1. The molecule has 0 fully saturated rings. The van der Waals surface area contributed by atoms with Crippen molar-refractivity contribution in [3.8, 4) is 0 Å². The van der Waals surface area contributed by atoms with Gasteiger partial charge in [-0.3, -0.25) is 5.41 Å². The van der Waals surface area contributed by atoms with Crippen molar-refractivity contribution in [2.24, 2.45) is 5.73 Å². The molecule has 0 bridgehead atoms. The molecule has 0 saturated heterocycles. The monoisotopic (exact) mass is 281 g/mol. The molecule has 108 valence electrons. The highest BCUT2D eigenvalue weighted by Crippen LogP contribution is 2.37. The first kappa shape index (κ1) is 13.4. The van der Waals surface area contributed by atoms with Gasteiger partial charge in [-0.1, -0.05) is 12.1 Å². The molecule has 21 heavy (non-hydrogen) atoms. The Morgan fingerprint density at radius 1 is 1.19 bits per heavy atom.